The molecule has 0 saturated heterocycles. The number of hydrogen-bond acceptors (Lipinski definition) is 5. The third kappa shape index (κ3) is 3.47. The van der Waals surface area contributed by atoms with Crippen molar-refractivity contribution in [3.8, 4) is 0 Å². The molecule has 2 aromatic rings. The van der Waals surface area contributed by atoms with Crippen LogP contribution >= 0.6 is 11.3 Å². The molecule has 0 fully saturated rings. The summed E-state index contributed by atoms with van der Waals surface area (Å²) in [5.41, 5.74) is 0.731. The number of fused-ring (bicyclic) bond motifs is 1. The Balaban J connectivity index is 2.11. The third-order valence-electron chi connectivity index (χ3n) is 2.65. The van der Waals surface area contributed by atoms with E-state index >= 15 is 0 Å². The molecule has 2 rings (SSSR count). The van der Waals surface area contributed by atoms with Crippen molar-refractivity contribution in [3.05, 3.63) is 11.9 Å². The normalized spacial score (nSPS) is 11.8. The second-order valence-electron chi connectivity index (χ2n) is 5.81. The van der Waals surface area contributed by atoms with Crippen LogP contribution in [-0.4, -0.2) is 39.1 Å². The zero-order valence-corrected chi connectivity index (χ0v) is 13.4. The van der Waals surface area contributed by atoms with Crippen LogP contribution < -0.4 is 10.2 Å². The monoisotopic (exact) mass is 295 g/mol. The Hall–Kier alpha value is -1.63. The molecule has 0 atom stereocenters. The molecule has 1 N–H and O–H groups in total. The second-order valence-corrected chi connectivity index (χ2v) is 6.74. The van der Waals surface area contributed by atoms with E-state index in [1.54, 1.807) is 4.52 Å². The number of carbonyl (C=O) groups is 1. The smallest absolute Gasteiger partial charge is 0.240 e. The standard InChI is InChI=1S/C13H21N5OS/c1-6-17(8-10(19)15-13(3,4)5)12-16-18-7-9(2)14-11(18)20-12/h7H,6,8H2,1-5H3,(H,15,19). The molecule has 2 heterocycles. The van der Waals surface area contributed by atoms with Crippen molar-refractivity contribution in [3.63, 3.8) is 0 Å². The minimum Gasteiger partial charge on any atom is -0.350 e. The van der Waals surface area contributed by atoms with Gasteiger partial charge in [0.2, 0.25) is 16.0 Å². The number of amides is 1. The third-order valence-corrected chi connectivity index (χ3v) is 3.64. The first-order valence-electron chi connectivity index (χ1n) is 6.67. The number of nitrogens with one attached hydrogen (secondary N) is 1. The van der Waals surface area contributed by atoms with Gasteiger partial charge in [0.25, 0.3) is 0 Å². The van der Waals surface area contributed by atoms with E-state index in [0.29, 0.717) is 6.54 Å². The molecule has 2 aromatic heterocycles. The maximum Gasteiger partial charge on any atom is 0.240 e. The van der Waals surface area contributed by atoms with Gasteiger partial charge in [0.05, 0.1) is 18.4 Å². The summed E-state index contributed by atoms with van der Waals surface area (Å²) in [7, 11) is 0. The molecule has 6 nitrogen and oxygen atoms in total. The molecule has 20 heavy (non-hydrogen) atoms. The Morgan fingerprint density at radius 2 is 2.20 bits per heavy atom. The highest BCUT2D eigenvalue weighted by Gasteiger charge is 2.19. The number of nitrogens with zero attached hydrogens (tertiary/aromatic N) is 4. The Kier molecular flexibility index (Phi) is 3.99. The largest absolute Gasteiger partial charge is 0.350 e. The van der Waals surface area contributed by atoms with Crippen LogP contribution in [0.2, 0.25) is 0 Å². The number of aromatic nitrogens is 3. The van der Waals surface area contributed by atoms with E-state index in [-0.39, 0.29) is 11.4 Å². The van der Waals surface area contributed by atoms with Gasteiger partial charge in [0, 0.05) is 12.1 Å². The van der Waals surface area contributed by atoms with Gasteiger partial charge in [-0.05, 0) is 34.6 Å². The summed E-state index contributed by atoms with van der Waals surface area (Å²) in [6.45, 7) is 10.9. The predicted molar refractivity (Wildman–Crippen MR) is 81.4 cm³/mol. The van der Waals surface area contributed by atoms with Crippen LogP contribution in [0.25, 0.3) is 4.96 Å². The average Bonchev–Trinajstić information content (AvgIpc) is 2.80. The Morgan fingerprint density at radius 1 is 1.50 bits per heavy atom. The highest BCUT2D eigenvalue weighted by atomic mass is 32.1. The Labute approximate surface area is 122 Å². The van der Waals surface area contributed by atoms with Crippen LogP contribution in [0.4, 0.5) is 5.13 Å². The average molecular weight is 295 g/mol. The van der Waals surface area contributed by atoms with Crippen LogP contribution in [0.3, 0.4) is 0 Å². The Bertz CT molecular complexity index is 578. The van der Waals surface area contributed by atoms with E-state index in [1.165, 1.54) is 11.3 Å². The van der Waals surface area contributed by atoms with Gasteiger partial charge >= 0.3 is 0 Å². The first kappa shape index (κ1) is 14.8. The van der Waals surface area contributed by atoms with Crippen molar-refractivity contribution in [2.75, 3.05) is 18.0 Å². The number of anilines is 1. The molecule has 0 saturated carbocycles. The number of aryl methyl sites for hydroxylation is 1. The van der Waals surface area contributed by atoms with Gasteiger partial charge in [-0.1, -0.05) is 11.3 Å². The van der Waals surface area contributed by atoms with E-state index in [9.17, 15) is 4.79 Å². The molecule has 0 aliphatic carbocycles. The lowest BCUT2D eigenvalue weighted by Gasteiger charge is -2.24. The van der Waals surface area contributed by atoms with Crippen molar-refractivity contribution in [1.82, 2.24) is 19.9 Å². The maximum absolute atomic E-state index is 12.0. The molecule has 0 aromatic carbocycles. The second kappa shape index (κ2) is 5.40. The van der Waals surface area contributed by atoms with Gasteiger partial charge in [-0.25, -0.2) is 9.50 Å². The molecular weight excluding hydrogens is 274 g/mol. The summed E-state index contributed by atoms with van der Waals surface area (Å²) in [6, 6.07) is 0. The zero-order valence-electron chi connectivity index (χ0n) is 12.6. The molecule has 0 bridgehead atoms. The van der Waals surface area contributed by atoms with Gasteiger partial charge in [-0.3, -0.25) is 4.79 Å². The zero-order chi connectivity index (χ0) is 14.9. The van der Waals surface area contributed by atoms with E-state index in [1.807, 2.05) is 45.7 Å². The van der Waals surface area contributed by atoms with Crippen LogP contribution in [0.1, 0.15) is 33.4 Å². The van der Waals surface area contributed by atoms with Gasteiger partial charge in [-0.15, -0.1) is 5.10 Å². The number of carbonyl (C=O) groups excluding carboxylic acids is 1. The number of imidazole rings is 1. The quantitative estimate of drug-likeness (QED) is 0.935. The van der Waals surface area contributed by atoms with Crippen LogP contribution in [0.5, 0.6) is 0 Å². The molecule has 0 aliphatic heterocycles. The summed E-state index contributed by atoms with van der Waals surface area (Å²) in [4.78, 5) is 19.2. The minimum atomic E-state index is -0.217. The summed E-state index contributed by atoms with van der Waals surface area (Å²) >= 11 is 1.50. The molecule has 0 radical (unpaired) electrons. The lowest BCUT2D eigenvalue weighted by molar-refractivity contribution is -0.121. The number of rotatable bonds is 4. The summed E-state index contributed by atoms with van der Waals surface area (Å²) in [6.07, 6.45) is 1.89. The van der Waals surface area contributed by atoms with Crippen molar-refractivity contribution in [2.45, 2.75) is 40.2 Å². The van der Waals surface area contributed by atoms with Gasteiger partial charge in [0.1, 0.15) is 0 Å². The van der Waals surface area contributed by atoms with Crippen molar-refractivity contribution >= 4 is 27.3 Å². The molecule has 1 amide bonds. The lowest BCUT2D eigenvalue weighted by Crippen LogP contribution is -2.46. The fraction of sp³-hybridized carbons (Fsp3) is 0.615. The lowest BCUT2D eigenvalue weighted by atomic mass is 10.1. The number of likely N-dealkylation sites (N-methyl/N-ethyl adjacent to an activating group) is 1. The summed E-state index contributed by atoms with van der Waals surface area (Å²) in [5.74, 6) is 0.00312. The molecule has 110 valence electrons. The Morgan fingerprint density at radius 3 is 2.75 bits per heavy atom. The molecule has 0 spiro atoms. The topological polar surface area (TPSA) is 62.5 Å². The SMILES string of the molecule is CCN(CC(=O)NC(C)(C)C)c1nn2cc(C)nc2s1. The first-order chi connectivity index (χ1) is 9.28. The van der Waals surface area contributed by atoms with Gasteiger partial charge < -0.3 is 10.2 Å². The van der Waals surface area contributed by atoms with E-state index in [0.717, 1.165) is 22.3 Å². The highest BCUT2D eigenvalue weighted by molar-refractivity contribution is 7.20. The van der Waals surface area contributed by atoms with Crippen molar-refractivity contribution < 1.29 is 4.79 Å². The summed E-state index contributed by atoms with van der Waals surface area (Å²) < 4.78 is 1.76. The van der Waals surface area contributed by atoms with Crippen LogP contribution in [0, 0.1) is 6.92 Å². The van der Waals surface area contributed by atoms with Crippen molar-refractivity contribution in [2.24, 2.45) is 0 Å². The first-order valence-corrected chi connectivity index (χ1v) is 7.49. The van der Waals surface area contributed by atoms with E-state index < -0.39 is 0 Å². The van der Waals surface area contributed by atoms with E-state index in [2.05, 4.69) is 15.4 Å². The molecular formula is C13H21N5OS. The van der Waals surface area contributed by atoms with Gasteiger partial charge in [0.15, 0.2) is 0 Å². The van der Waals surface area contributed by atoms with Crippen molar-refractivity contribution in [1.29, 1.82) is 0 Å². The molecule has 7 heteroatoms. The minimum absolute atomic E-state index is 0.00312. The van der Waals surface area contributed by atoms with Gasteiger partial charge in [-0.2, -0.15) is 0 Å². The van der Waals surface area contributed by atoms with E-state index in [4.69, 9.17) is 0 Å². The predicted octanol–water partition coefficient (Wildman–Crippen LogP) is 1.84. The highest BCUT2D eigenvalue weighted by Crippen LogP contribution is 2.22. The maximum atomic E-state index is 12.0. The fourth-order valence-electron chi connectivity index (χ4n) is 1.87. The van der Waals surface area contributed by atoms with Crippen LogP contribution in [-0.2, 0) is 4.79 Å². The van der Waals surface area contributed by atoms with Crippen LogP contribution in [0.15, 0.2) is 6.20 Å². The molecule has 0 aliphatic rings. The molecule has 0 unspecified atom stereocenters. The summed E-state index contributed by atoms with van der Waals surface area (Å²) in [5, 5.41) is 8.26. The fourth-order valence-corrected chi connectivity index (χ4v) is 2.86. The number of hydrogen-bond donors (Lipinski definition) is 1.